The van der Waals surface area contributed by atoms with Crippen LogP contribution >= 0.6 is 0 Å². The van der Waals surface area contributed by atoms with Crippen molar-refractivity contribution in [2.75, 3.05) is 26.7 Å². The van der Waals surface area contributed by atoms with Crippen LogP contribution in [0.1, 0.15) is 47.5 Å². The molecular weight excluding hydrogens is 532 g/mol. The Hall–Kier alpha value is -4.05. The summed E-state index contributed by atoms with van der Waals surface area (Å²) >= 11 is 0. The van der Waals surface area contributed by atoms with Crippen molar-refractivity contribution < 1.29 is 19.4 Å². The highest BCUT2D eigenvalue weighted by atomic mass is 16.5. The normalized spacial score (nSPS) is 23.7. The maximum atomic E-state index is 13.7. The van der Waals surface area contributed by atoms with Crippen LogP contribution in [0.2, 0.25) is 0 Å². The molecule has 4 aliphatic rings. The quantitative estimate of drug-likeness (QED) is 0.359. The SMILES string of the molecule is COc1cc(C(=O)N2C[C@H]3CC[C@@H]2[C@@H]3N)cc2nc(-c3cc4cccc(C5CN(C(=O)O)C5)c4n3CC3CC3)n(C)c12. The maximum absolute atomic E-state index is 13.7. The van der Waals surface area contributed by atoms with Gasteiger partial charge in [0.1, 0.15) is 11.3 Å². The fourth-order valence-corrected chi connectivity index (χ4v) is 7.71. The molecule has 4 aromatic rings. The van der Waals surface area contributed by atoms with Gasteiger partial charge in [0.25, 0.3) is 5.91 Å². The van der Waals surface area contributed by atoms with Crippen molar-refractivity contribution in [3.05, 3.63) is 47.5 Å². The van der Waals surface area contributed by atoms with Gasteiger partial charge in [-0.2, -0.15) is 0 Å². The summed E-state index contributed by atoms with van der Waals surface area (Å²) in [5, 5.41) is 10.5. The lowest BCUT2D eigenvalue weighted by Gasteiger charge is -2.37. The molecule has 0 unspecified atom stereocenters. The van der Waals surface area contributed by atoms with Gasteiger partial charge in [-0.1, -0.05) is 18.2 Å². The van der Waals surface area contributed by atoms with E-state index in [1.165, 1.54) is 28.8 Å². The molecule has 2 aliphatic heterocycles. The van der Waals surface area contributed by atoms with Crippen LogP contribution in [-0.2, 0) is 13.6 Å². The molecule has 2 aliphatic carbocycles. The van der Waals surface area contributed by atoms with Crippen LogP contribution in [0.3, 0.4) is 0 Å². The van der Waals surface area contributed by atoms with Gasteiger partial charge < -0.3 is 34.5 Å². The lowest BCUT2D eigenvalue weighted by molar-refractivity contribution is 0.0700. The number of nitrogens with zero attached hydrogens (tertiary/aromatic N) is 5. The summed E-state index contributed by atoms with van der Waals surface area (Å²) in [6.45, 7) is 2.64. The molecule has 2 aromatic heterocycles. The number of ether oxygens (including phenoxy) is 1. The second-order valence-electron chi connectivity index (χ2n) is 12.7. The van der Waals surface area contributed by atoms with Crippen molar-refractivity contribution in [1.82, 2.24) is 23.9 Å². The van der Waals surface area contributed by atoms with Gasteiger partial charge in [0, 0.05) is 62.2 Å². The van der Waals surface area contributed by atoms with E-state index in [2.05, 4.69) is 33.4 Å². The summed E-state index contributed by atoms with van der Waals surface area (Å²) in [6.07, 6.45) is 3.62. The van der Waals surface area contributed by atoms with Crippen LogP contribution < -0.4 is 10.5 Å². The molecule has 42 heavy (non-hydrogen) atoms. The molecular formula is C32H36N6O4. The number of imidazole rings is 1. The zero-order valence-electron chi connectivity index (χ0n) is 24.0. The number of likely N-dealkylation sites (tertiary alicyclic amines) is 2. The van der Waals surface area contributed by atoms with Gasteiger partial charge in [0.05, 0.1) is 23.8 Å². The first-order chi connectivity index (χ1) is 20.3. The molecule has 0 radical (unpaired) electrons. The third-order valence-corrected chi connectivity index (χ3v) is 10.2. The summed E-state index contributed by atoms with van der Waals surface area (Å²) in [6, 6.07) is 12.5. The van der Waals surface area contributed by atoms with Crippen molar-refractivity contribution in [1.29, 1.82) is 0 Å². The molecule has 8 rings (SSSR count). The summed E-state index contributed by atoms with van der Waals surface area (Å²) in [5.41, 5.74) is 12.0. The Labute approximate surface area is 243 Å². The number of amides is 2. The summed E-state index contributed by atoms with van der Waals surface area (Å²) < 4.78 is 10.3. The molecule has 218 valence electrons. The number of para-hydroxylation sites is 1. The Balaban J connectivity index is 1.23. The van der Waals surface area contributed by atoms with Crippen molar-refractivity contribution in [3.63, 3.8) is 0 Å². The first kappa shape index (κ1) is 25.6. The van der Waals surface area contributed by atoms with Gasteiger partial charge in [-0.15, -0.1) is 0 Å². The lowest BCUT2D eigenvalue weighted by atomic mass is 9.90. The van der Waals surface area contributed by atoms with Crippen LogP contribution in [0.25, 0.3) is 33.5 Å². The zero-order chi connectivity index (χ0) is 28.9. The van der Waals surface area contributed by atoms with E-state index in [0.717, 1.165) is 47.3 Å². The minimum atomic E-state index is -0.862. The number of piperidine rings is 1. The smallest absolute Gasteiger partial charge is 0.407 e. The Morgan fingerprint density at radius 1 is 1.07 bits per heavy atom. The number of benzene rings is 2. The molecule has 2 amide bonds. The van der Waals surface area contributed by atoms with E-state index < -0.39 is 6.09 Å². The Kier molecular flexibility index (Phi) is 5.63. The van der Waals surface area contributed by atoms with E-state index in [1.807, 2.05) is 24.1 Å². The summed E-state index contributed by atoms with van der Waals surface area (Å²) in [7, 11) is 3.64. The van der Waals surface area contributed by atoms with Gasteiger partial charge >= 0.3 is 6.09 Å². The van der Waals surface area contributed by atoms with Crippen molar-refractivity contribution in [2.45, 2.75) is 50.2 Å². The van der Waals surface area contributed by atoms with Crippen molar-refractivity contribution >= 4 is 33.9 Å². The van der Waals surface area contributed by atoms with E-state index in [1.54, 1.807) is 7.11 Å². The zero-order valence-corrected chi connectivity index (χ0v) is 24.0. The standard InChI is InChI=1S/C32H36N6O4/c1-35-29-23(10-20(12-26(29)42-2)31(39)38-16-19-8-9-24(38)27(19)33)34-30(35)25-11-18-4-3-5-22(21-14-36(15-21)32(40)41)28(18)37(25)13-17-6-7-17/h3-5,10-12,17,19,21,24,27H,6-9,13-16,33H2,1-2H3,(H,40,41)/t19-,24-,27-/m1/s1. The summed E-state index contributed by atoms with van der Waals surface area (Å²) in [4.78, 5) is 33.7. The lowest BCUT2D eigenvalue weighted by Crippen LogP contribution is -2.47. The monoisotopic (exact) mass is 568 g/mol. The molecule has 2 bridgehead atoms. The number of nitrogens with two attached hydrogens (primary N) is 1. The number of aryl methyl sites for hydroxylation is 1. The third kappa shape index (κ3) is 3.77. The molecule has 10 heteroatoms. The largest absolute Gasteiger partial charge is 0.494 e. The molecule has 2 saturated heterocycles. The minimum absolute atomic E-state index is 0.00607. The number of hydrogen-bond donors (Lipinski definition) is 2. The van der Waals surface area contributed by atoms with Crippen LogP contribution in [0.15, 0.2) is 36.4 Å². The Bertz CT molecular complexity index is 1760. The van der Waals surface area contributed by atoms with Crippen molar-refractivity contribution in [3.8, 4) is 17.3 Å². The molecule has 2 aromatic carbocycles. The van der Waals surface area contributed by atoms with Crippen LogP contribution in [0.5, 0.6) is 5.75 Å². The Morgan fingerprint density at radius 2 is 1.88 bits per heavy atom. The van der Waals surface area contributed by atoms with E-state index in [4.69, 9.17) is 15.5 Å². The molecule has 2 saturated carbocycles. The predicted molar refractivity (Wildman–Crippen MR) is 159 cm³/mol. The molecule has 4 fully saturated rings. The third-order valence-electron chi connectivity index (χ3n) is 10.2. The number of fused-ring (bicyclic) bond motifs is 4. The predicted octanol–water partition coefficient (Wildman–Crippen LogP) is 4.25. The molecule has 3 atom stereocenters. The number of hydrogen-bond acceptors (Lipinski definition) is 5. The van der Waals surface area contributed by atoms with Gasteiger partial charge in [0.2, 0.25) is 0 Å². The van der Waals surface area contributed by atoms with E-state index in [0.29, 0.717) is 42.8 Å². The van der Waals surface area contributed by atoms with E-state index in [-0.39, 0.29) is 23.9 Å². The van der Waals surface area contributed by atoms with Crippen LogP contribution in [0.4, 0.5) is 4.79 Å². The minimum Gasteiger partial charge on any atom is -0.494 e. The van der Waals surface area contributed by atoms with Gasteiger partial charge in [-0.05, 0) is 61.3 Å². The second kappa shape index (κ2) is 9.22. The molecule has 0 spiro atoms. The molecule has 10 nitrogen and oxygen atoms in total. The van der Waals surface area contributed by atoms with Gasteiger partial charge in [-0.3, -0.25) is 4.79 Å². The van der Waals surface area contributed by atoms with E-state index >= 15 is 0 Å². The van der Waals surface area contributed by atoms with E-state index in [9.17, 15) is 14.7 Å². The van der Waals surface area contributed by atoms with Gasteiger partial charge in [0.15, 0.2) is 5.82 Å². The molecule has 3 N–H and O–H groups in total. The first-order valence-corrected chi connectivity index (χ1v) is 15.0. The first-order valence-electron chi connectivity index (χ1n) is 15.0. The van der Waals surface area contributed by atoms with Crippen LogP contribution in [-0.4, -0.2) is 79.9 Å². The van der Waals surface area contributed by atoms with Crippen LogP contribution in [0, 0.1) is 11.8 Å². The fourth-order valence-electron chi connectivity index (χ4n) is 7.71. The number of methoxy groups -OCH3 is 1. The number of carbonyl (C=O) groups is 2. The highest BCUT2D eigenvalue weighted by Crippen LogP contribution is 2.42. The average Bonchev–Trinajstić information content (AvgIpc) is 3.34. The topological polar surface area (TPSA) is 119 Å². The van der Waals surface area contributed by atoms with Gasteiger partial charge in [-0.25, -0.2) is 9.78 Å². The Morgan fingerprint density at radius 3 is 2.55 bits per heavy atom. The second-order valence-corrected chi connectivity index (χ2v) is 12.7. The average molecular weight is 569 g/mol. The number of rotatable bonds is 6. The highest BCUT2D eigenvalue weighted by Gasteiger charge is 2.47. The maximum Gasteiger partial charge on any atom is 0.407 e. The molecule has 4 heterocycles. The number of aromatic nitrogens is 3. The number of carbonyl (C=O) groups excluding carboxylic acids is 1. The summed E-state index contributed by atoms with van der Waals surface area (Å²) in [5.74, 6) is 2.62. The fraction of sp³-hybridized carbons (Fsp3) is 0.469. The number of carboxylic acid groups (broad SMARTS) is 1. The van der Waals surface area contributed by atoms with Crippen molar-refractivity contribution in [2.24, 2.45) is 24.6 Å². The highest BCUT2D eigenvalue weighted by molar-refractivity contribution is 6.00.